The van der Waals surface area contributed by atoms with Gasteiger partial charge in [0.1, 0.15) is 0 Å². The van der Waals surface area contributed by atoms with Gasteiger partial charge in [0.05, 0.1) is 6.61 Å². The van der Waals surface area contributed by atoms with Gasteiger partial charge in [0.2, 0.25) is 0 Å². The van der Waals surface area contributed by atoms with E-state index in [1.807, 2.05) is 13.0 Å². The highest BCUT2D eigenvalue weighted by Gasteiger charge is 2.33. The second-order valence-electron chi connectivity index (χ2n) is 5.03. The van der Waals surface area contributed by atoms with Crippen molar-refractivity contribution in [1.82, 2.24) is 0 Å². The Hall–Kier alpha value is -1.66. The number of hydrogen-bond acceptors (Lipinski definition) is 4. The zero-order chi connectivity index (χ0) is 15.3. The highest BCUT2D eigenvalue weighted by atomic mass is 16.5. The largest absolute Gasteiger partial charge is 0.479 e. The third-order valence-electron chi connectivity index (χ3n) is 3.43. The first-order chi connectivity index (χ1) is 9.32. The molecule has 0 amide bonds. The number of allylic oxidation sites excluding steroid dienone is 2. The molecule has 0 aliphatic heterocycles. The Bertz CT molecular complexity index is 425. The van der Waals surface area contributed by atoms with E-state index >= 15 is 0 Å². The fourth-order valence-corrected chi connectivity index (χ4v) is 2.09. The van der Waals surface area contributed by atoms with Gasteiger partial charge in [-0.25, -0.2) is 9.59 Å². The van der Waals surface area contributed by atoms with Crippen LogP contribution in [0, 0.1) is 5.92 Å². The second-order valence-corrected chi connectivity index (χ2v) is 5.03. The maximum atomic E-state index is 10.9. The summed E-state index contributed by atoms with van der Waals surface area (Å²) in [5.41, 5.74) is 2.04. The van der Waals surface area contributed by atoms with Gasteiger partial charge in [-0.3, -0.25) is 0 Å². The Labute approximate surface area is 117 Å². The van der Waals surface area contributed by atoms with Crippen LogP contribution in [0.2, 0.25) is 0 Å². The van der Waals surface area contributed by atoms with Crippen molar-refractivity contribution in [2.45, 2.75) is 38.4 Å². The Balaban J connectivity index is 2.55. The van der Waals surface area contributed by atoms with Crippen LogP contribution in [0.1, 0.15) is 26.2 Å². The fourth-order valence-electron chi connectivity index (χ4n) is 2.09. The van der Waals surface area contributed by atoms with Gasteiger partial charge in [-0.2, -0.15) is 0 Å². The van der Waals surface area contributed by atoms with Crippen LogP contribution in [-0.4, -0.2) is 46.1 Å². The summed E-state index contributed by atoms with van der Waals surface area (Å²) in [6.07, 6.45) is 0.644. The molecule has 0 aromatic carbocycles. The lowest BCUT2D eigenvalue weighted by atomic mass is 9.86. The third kappa shape index (κ3) is 4.47. The molecule has 0 bridgehead atoms. The molecule has 0 spiro atoms. The minimum atomic E-state index is -2.07. The number of carboxylic acids is 2. The number of hydrogen-bond donors (Lipinski definition) is 3. The minimum absolute atomic E-state index is 0.0181. The summed E-state index contributed by atoms with van der Waals surface area (Å²) in [7, 11) is 0. The van der Waals surface area contributed by atoms with Crippen molar-refractivity contribution < 1.29 is 29.6 Å². The molecule has 20 heavy (non-hydrogen) atoms. The maximum absolute atomic E-state index is 10.9. The smallest absolute Gasteiger partial charge is 0.336 e. The van der Waals surface area contributed by atoms with Gasteiger partial charge in [-0.05, 0) is 37.7 Å². The van der Waals surface area contributed by atoms with Crippen LogP contribution < -0.4 is 0 Å². The van der Waals surface area contributed by atoms with Gasteiger partial charge < -0.3 is 20.1 Å². The summed E-state index contributed by atoms with van der Waals surface area (Å²) in [5, 5.41) is 26.7. The lowest BCUT2D eigenvalue weighted by molar-refractivity contribution is -0.170. The SMILES string of the molecule is C=C(C)C1CC=C(CO[C@@H](C(=O)O)[C@H](O)C(=O)O)CC1. The lowest BCUT2D eigenvalue weighted by Gasteiger charge is -2.23. The molecule has 0 heterocycles. The summed E-state index contributed by atoms with van der Waals surface area (Å²) in [4.78, 5) is 21.5. The predicted octanol–water partition coefficient (Wildman–Crippen LogP) is 1.20. The van der Waals surface area contributed by atoms with Crippen LogP contribution in [0.5, 0.6) is 0 Å². The first-order valence-electron chi connectivity index (χ1n) is 6.41. The standard InChI is InChI=1S/C14H20O6/c1-8(2)10-5-3-9(4-6-10)7-20-12(14(18)19)11(15)13(16)17/h3,10-12,15H,1,4-7H2,2H3,(H,16,17)(H,18,19)/t10?,11-,12+/m0/s1. The van der Waals surface area contributed by atoms with E-state index in [2.05, 4.69) is 6.58 Å². The van der Waals surface area contributed by atoms with Crippen molar-refractivity contribution in [3.8, 4) is 0 Å². The number of carboxylic acid groups (broad SMARTS) is 2. The van der Waals surface area contributed by atoms with Crippen LogP contribution >= 0.6 is 0 Å². The van der Waals surface area contributed by atoms with Crippen molar-refractivity contribution in [3.63, 3.8) is 0 Å². The van der Waals surface area contributed by atoms with Gasteiger partial charge in [0.25, 0.3) is 0 Å². The number of aliphatic hydroxyl groups excluding tert-OH is 1. The van der Waals surface area contributed by atoms with Gasteiger partial charge in [0, 0.05) is 0 Å². The van der Waals surface area contributed by atoms with Crippen molar-refractivity contribution in [2.75, 3.05) is 6.61 Å². The number of carbonyl (C=O) groups is 2. The van der Waals surface area contributed by atoms with E-state index in [-0.39, 0.29) is 6.61 Å². The average molecular weight is 284 g/mol. The Kier molecular flexibility index (Phi) is 5.91. The molecule has 1 rings (SSSR count). The molecule has 0 aromatic rings. The topological polar surface area (TPSA) is 104 Å². The zero-order valence-corrected chi connectivity index (χ0v) is 11.4. The molecule has 3 N–H and O–H groups in total. The van der Waals surface area contributed by atoms with Crippen LogP contribution in [-0.2, 0) is 14.3 Å². The van der Waals surface area contributed by atoms with Gasteiger partial charge in [-0.1, -0.05) is 18.2 Å². The average Bonchev–Trinajstić information content (AvgIpc) is 2.38. The second kappa shape index (κ2) is 7.21. The van der Waals surface area contributed by atoms with E-state index in [4.69, 9.17) is 14.9 Å². The highest BCUT2D eigenvalue weighted by molar-refractivity contribution is 5.83. The number of aliphatic carboxylic acids is 2. The highest BCUT2D eigenvalue weighted by Crippen LogP contribution is 2.28. The van der Waals surface area contributed by atoms with E-state index in [0.717, 1.165) is 30.4 Å². The van der Waals surface area contributed by atoms with Gasteiger partial charge in [-0.15, -0.1) is 0 Å². The fraction of sp³-hybridized carbons (Fsp3) is 0.571. The Morgan fingerprint density at radius 3 is 2.50 bits per heavy atom. The van der Waals surface area contributed by atoms with Gasteiger partial charge >= 0.3 is 11.9 Å². The third-order valence-corrected chi connectivity index (χ3v) is 3.43. The van der Waals surface area contributed by atoms with Crippen LogP contribution in [0.4, 0.5) is 0 Å². The molecule has 0 saturated carbocycles. The van der Waals surface area contributed by atoms with Crippen molar-refractivity contribution in [2.24, 2.45) is 5.92 Å². The van der Waals surface area contributed by atoms with Crippen molar-refractivity contribution in [1.29, 1.82) is 0 Å². The maximum Gasteiger partial charge on any atom is 0.336 e. The van der Waals surface area contributed by atoms with E-state index in [1.54, 1.807) is 0 Å². The molecule has 0 radical (unpaired) electrons. The van der Waals surface area contributed by atoms with E-state index in [9.17, 15) is 14.7 Å². The molecular formula is C14H20O6. The molecule has 112 valence electrons. The molecule has 1 aliphatic rings. The Morgan fingerprint density at radius 2 is 2.10 bits per heavy atom. The number of rotatable bonds is 7. The van der Waals surface area contributed by atoms with Crippen LogP contribution in [0.15, 0.2) is 23.8 Å². The summed E-state index contributed by atoms with van der Waals surface area (Å²) >= 11 is 0. The normalized spacial score (nSPS) is 21.7. The molecule has 6 nitrogen and oxygen atoms in total. The quantitative estimate of drug-likeness (QED) is 0.607. The number of aliphatic hydroxyl groups is 1. The molecule has 0 saturated heterocycles. The van der Waals surface area contributed by atoms with E-state index in [0.29, 0.717) is 5.92 Å². The van der Waals surface area contributed by atoms with Crippen LogP contribution in [0.25, 0.3) is 0 Å². The molecule has 0 fully saturated rings. The van der Waals surface area contributed by atoms with Crippen molar-refractivity contribution >= 4 is 11.9 Å². The van der Waals surface area contributed by atoms with Crippen molar-refractivity contribution in [3.05, 3.63) is 23.8 Å². The first-order valence-corrected chi connectivity index (χ1v) is 6.41. The monoisotopic (exact) mass is 284 g/mol. The van der Waals surface area contributed by atoms with Crippen LogP contribution in [0.3, 0.4) is 0 Å². The minimum Gasteiger partial charge on any atom is -0.479 e. The lowest BCUT2D eigenvalue weighted by Crippen LogP contribution is -2.42. The zero-order valence-electron chi connectivity index (χ0n) is 11.4. The number of ether oxygens (including phenoxy) is 1. The summed E-state index contributed by atoms with van der Waals surface area (Å²) in [6.45, 7) is 5.90. The summed E-state index contributed by atoms with van der Waals surface area (Å²) in [5.74, 6) is -2.67. The summed E-state index contributed by atoms with van der Waals surface area (Å²) < 4.78 is 5.04. The molecule has 6 heteroatoms. The summed E-state index contributed by atoms with van der Waals surface area (Å²) in [6, 6.07) is 0. The van der Waals surface area contributed by atoms with E-state index < -0.39 is 24.1 Å². The molecule has 3 atom stereocenters. The van der Waals surface area contributed by atoms with Gasteiger partial charge in [0.15, 0.2) is 12.2 Å². The molecule has 1 aliphatic carbocycles. The predicted molar refractivity (Wildman–Crippen MR) is 71.3 cm³/mol. The van der Waals surface area contributed by atoms with E-state index in [1.165, 1.54) is 0 Å². The first kappa shape index (κ1) is 16.4. The molecule has 1 unspecified atom stereocenters. The Morgan fingerprint density at radius 1 is 1.45 bits per heavy atom. The molecular weight excluding hydrogens is 264 g/mol. The molecule has 0 aromatic heterocycles.